The number of hydrogen-bond acceptors (Lipinski definition) is 2. The van der Waals surface area contributed by atoms with Gasteiger partial charge in [0.1, 0.15) is 5.82 Å². The van der Waals surface area contributed by atoms with Crippen LogP contribution in [0.3, 0.4) is 0 Å². The van der Waals surface area contributed by atoms with Crippen molar-refractivity contribution in [3.8, 4) is 6.07 Å². The molecule has 3 heteroatoms. The summed E-state index contributed by atoms with van der Waals surface area (Å²) in [6.45, 7) is 2.98. The van der Waals surface area contributed by atoms with Crippen molar-refractivity contribution in [2.45, 2.75) is 51.6 Å². The molecule has 0 aliphatic heterocycles. The molecule has 0 N–H and O–H groups in total. The number of hydrogen-bond donors (Lipinski definition) is 0. The Bertz CT molecular complexity index is 484. The van der Waals surface area contributed by atoms with E-state index in [4.69, 9.17) is 5.26 Å². The summed E-state index contributed by atoms with van der Waals surface area (Å²) in [6.07, 6.45) is 6.35. The Morgan fingerprint density at radius 1 is 1.25 bits per heavy atom. The predicted molar refractivity (Wildman–Crippen MR) is 78.6 cm³/mol. The Morgan fingerprint density at radius 2 is 1.95 bits per heavy atom. The Kier molecular flexibility index (Phi) is 5.14. The van der Waals surface area contributed by atoms with E-state index in [2.05, 4.69) is 18.9 Å². The van der Waals surface area contributed by atoms with Crippen molar-refractivity contribution in [3.05, 3.63) is 35.1 Å². The van der Waals surface area contributed by atoms with Gasteiger partial charge in [-0.3, -0.25) is 4.90 Å². The molecule has 0 saturated heterocycles. The molecule has 1 aliphatic rings. The summed E-state index contributed by atoms with van der Waals surface area (Å²) in [6, 6.07) is 7.22. The first-order valence-corrected chi connectivity index (χ1v) is 7.52. The van der Waals surface area contributed by atoms with Gasteiger partial charge in [-0.05, 0) is 62.4 Å². The summed E-state index contributed by atoms with van der Waals surface area (Å²) in [4.78, 5) is 2.31. The molecular weight excluding hydrogens is 251 g/mol. The van der Waals surface area contributed by atoms with Gasteiger partial charge >= 0.3 is 0 Å². The molecule has 1 aromatic rings. The molecule has 108 valence electrons. The third-order valence-electron chi connectivity index (χ3n) is 4.54. The number of halogens is 1. The summed E-state index contributed by atoms with van der Waals surface area (Å²) in [7, 11) is 2.11. The summed E-state index contributed by atoms with van der Waals surface area (Å²) in [5.41, 5.74) is 1.30. The second-order valence-corrected chi connectivity index (χ2v) is 5.96. The molecule has 0 heterocycles. The maximum atomic E-state index is 13.4. The summed E-state index contributed by atoms with van der Waals surface area (Å²) < 4.78 is 13.4. The van der Waals surface area contributed by atoms with Gasteiger partial charge in [-0.2, -0.15) is 5.26 Å². The first kappa shape index (κ1) is 15.0. The van der Waals surface area contributed by atoms with Crippen LogP contribution in [-0.4, -0.2) is 18.0 Å². The molecule has 1 fully saturated rings. The van der Waals surface area contributed by atoms with E-state index in [1.165, 1.54) is 44.2 Å². The van der Waals surface area contributed by atoms with Gasteiger partial charge in [-0.1, -0.05) is 13.3 Å². The molecule has 0 aromatic heterocycles. The van der Waals surface area contributed by atoms with Crippen LogP contribution in [0, 0.1) is 23.1 Å². The number of nitrogens with zero attached hydrogens (tertiary/aromatic N) is 2. The first-order chi connectivity index (χ1) is 9.62. The lowest BCUT2D eigenvalue weighted by atomic mass is 9.84. The minimum atomic E-state index is -0.317. The predicted octanol–water partition coefficient (Wildman–Crippen LogP) is 4.10. The first-order valence-electron chi connectivity index (χ1n) is 7.52. The minimum absolute atomic E-state index is 0.317. The summed E-state index contributed by atoms with van der Waals surface area (Å²) >= 11 is 0. The highest BCUT2D eigenvalue weighted by Crippen LogP contribution is 2.29. The molecule has 20 heavy (non-hydrogen) atoms. The van der Waals surface area contributed by atoms with Crippen LogP contribution in [0.25, 0.3) is 0 Å². The van der Waals surface area contributed by atoms with Gasteiger partial charge in [0.2, 0.25) is 0 Å². The molecule has 2 nitrogen and oxygen atoms in total. The largest absolute Gasteiger partial charge is 0.299 e. The molecule has 1 saturated carbocycles. The zero-order valence-corrected chi connectivity index (χ0v) is 12.4. The maximum absolute atomic E-state index is 13.4. The highest BCUT2D eigenvalue weighted by molar-refractivity contribution is 5.33. The molecule has 0 atom stereocenters. The fourth-order valence-corrected chi connectivity index (χ4v) is 3.22. The van der Waals surface area contributed by atoms with Crippen LogP contribution in [0.5, 0.6) is 0 Å². The van der Waals surface area contributed by atoms with Crippen molar-refractivity contribution in [1.29, 1.82) is 5.26 Å². The monoisotopic (exact) mass is 274 g/mol. The van der Waals surface area contributed by atoms with Gasteiger partial charge < -0.3 is 0 Å². The van der Waals surface area contributed by atoms with Crippen LogP contribution in [0.1, 0.15) is 50.2 Å². The highest BCUT2D eigenvalue weighted by atomic mass is 19.1. The molecule has 1 aromatic carbocycles. The van der Waals surface area contributed by atoms with Crippen molar-refractivity contribution in [3.63, 3.8) is 0 Å². The van der Waals surface area contributed by atoms with E-state index in [0.29, 0.717) is 18.2 Å². The Balaban J connectivity index is 1.96. The topological polar surface area (TPSA) is 27.0 Å². The van der Waals surface area contributed by atoms with Crippen molar-refractivity contribution < 1.29 is 4.39 Å². The number of benzene rings is 1. The average molecular weight is 274 g/mol. The molecule has 1 aliphatic carbocycles. The van der Waals surface area contributed by atoms with Crippen LogP contribution in [-0.2, 0) is 6.54 Å². The third kappa shape index (κ3) is 3.80. The quantitative estimate of drug-likeness (QED) is 0.826. The van der Waals surface area contributed by atoms with Gasteiger partial charge in [0.15, 0.2) is 0 Å². The Morgan fingerprint density at radius 3 is 2.55 bits per heavy atom. The van der Waals surface area contributed by atoms with Crippen LogP contribution in [0.4, 0.5) is 4.39 Å². The van der Waals surface area contributed by atoms with E-state index < -0.39 is 0 Å². The molecular formula is C17H23FN2. The van der Waals surface area contributed by atoms with Crippen LogP contribution in [0.2, 0.25) is 0 Å². The van der Waals surface area contributed by atoms with Gasteiger partial charge in [-0.15, -0.1) is 0 Å². The van der Waals surface area contributed by atoms with E-state index in [1.54, 1.807) is 6.07 Å². The standard InChI is InChI=1S/C17H23FN2/c1-3-13-4-6-17(7-5-13)20(2)12-15-8-14(11-19)9-16(18)10-15/h8-10,13,17H,3-7,12H2,1-2H3. The van der Waals surface area contributed by atoms with Crippen molar-refractivity contribution in [1.82, 2.24) is 4.90 Å². The number of rotatable bonds is 4. The maximum Gasteiger partial charge on any atom is 0.124 e. The second kappa shape index (κ2) is 6.85. The molecule has 0 radical (unpaired) electrons. The van der Waals surface area contributed by atoms with Gasteiger partial charge in [0, 0.05) is 12.6 Å². The molecule has 0 unspecified atom stereocenters. The fraction of sp³-hybridized carbons (Fsp3) is 0.588. The summed E-state index contributed by atoms with van der Waals surface area (Å²) in [5.74, 6) is 0.571. The van der Waals surface area contributed by atoms with E-state index in [9.17, 15) is 4.39 Å². The lowest BCUT2D eigenvalue weighted by Crippen LogP contribution is -2.34. The van der Waals surface area contributed by atoms with Crippen LogP contribution >= 0.6 is 0 Å². The Hall–Kier alpha value is -1.40. The van der Waals surface area contributed by atoms with Gasteiger partial charge in [-0.25, -0.2) is 4.39 Å². The molecule has 0 spiro atoms. The Labute approximate surface area is 121 Å². The highest BCUT2D eigenvalue weighted by Gasteiger charge is 2.23. The minimum Gasteiger partial charge on any atom is -0.299 e. The lowest BCUT2D eigenvalue weighted by Gasteiger charge is -2.34. The SMILES string of the molecule is CCC1CCC(N(C)Cc2cc(F)cc(C#N)c2)CC1. The fourth-order valence-electron chi connectivity index (χ4n) is 3.22. The van der Waals surface area contributed by atoms with Crippen molar-refractivity contribution in [2.75, 3.05) is 7.05 Å². The lowest BCUT2D eigenvalue weighted by molar-refractivity contribution is 0.157. The molecule has 0 amide bonds. The van der Waals surface area contributed by atoms with Crippen LogP contribution in [0.15, 0.2) is 18.2 Å². The van der Waals surface area contributed by atoms with E-state index in [1.807, 2.05) is 6.07 Å². The molecule has 0 bridgehead atoms. The zero-order valence-electron chi connectivity index (χ0n) is 12.4. The van der Waals surface area contributed by atoms with Crippen molar-refractivity contribution in [2.24, 2.45) is 5.92 Å². The smallest absolute Gasteiger partial charge is 0.124 e. The van der Waals surface area contributed by atoms with E-state index in [0.717, 1.165) is 11.5 Å². The normalized spacial score (nSPS) is 22.8. The average Bonchev–Trinajstić information content (AvgIpc) is 2.46. The third-order valence-corrected chi connectivity index (χ3v) is 4.54. The van der Waals surface area contributed by atoms with Gasteiger partial charge in [0.25, 0.3) is 0 Å². The number of nitriles is 1. The van der Waals surface area contributed by atoms with Crippen LogP contribution < -0.4 is 0 Å². The van der Waals surface area contributed by atoms with E-state index >= 15 is 0 Å². The van der Waals surface area contributed by atoms with Crippen molar-refractivity contribution >= 4 is 0 Å². The second-order valence-electron chi connectivity index (χ2n) is 5.96. The summed E-state index contributed by atoms with van der Waals surface area (Å²) in [5, 5.41) is 8.90. The molecule has 2 rings (SSSR count). The zero-order chi connectivity index (χ0) is 14.5. The van der Waals surface area contributed by atoms with E-state index in [-0.39, 0.29) is 5.82 Å². The van der Waals surface area contributed by atoms with Gasteiger partial charge in [0.05, 0.1) is 11.6 Å².